The highest BCUT2D eigenvalue weighted by Gasteiger charge is 2.30. The van der Waals surface area contributed by atoms with Crippen LogP contribution in [0.2, 0.25) is 0 Å². The van der Waals surface area contributed by atoms with E-state index in [9.17, 15) is 4.79 Å². The number of ether oxygens (including phenoxy) is 1. The first-order chi connectivity index (χ1) is 12.3. The predicted molar refractivity (Wildman–Crippen MR) is 97.9 cm³/mol. The number of benzene rings is 1. The number of nitrogens with one attached hydrogen (secondary N) is 1. The summed E-state index contributed by atoms with van der Waals surface area (Å²) in [5, 5.41) is 8.70. The van der Waals surface area contributed by atoms with Gasteiger partial charge < -0.3 is 9.64 Å². The Hall–Kier alpha value is -2.60. The van der Waals surface area contributed by atoms with Crippen molar-refractivity contribution in [3.63, 3.8) is 0 Å². The van der Waals surface area contributed by atoms with E-state index in [0.29, 0.717) is 6.61 Å². The Labute approximate surface area is 150 Å². The molecule has 4 rings (SSSR count). The molecule has 5 nitrogen and oxygen atoms in total. The smallest absolute Gasteiger partial charge is 0.255 e. The van der Waals surface area contributed by atoms with Crippen molar-refractivity contribution in [2.75, 3.05) is 13.2 Å². The zero-order valence-electron chi connectivity index (χ0n) is 13.7. The number of aromatic nitrogens is 2. The Kier molecular flexibility index (Phi) is 4.52. The van der Waals surface area contributed by atoms with Crippen LogP contribution in [0.5, 0.6) is 5.75 Å². The molecule has 3 aromatic rings. The first-order valence-corrected chi connectivity index (χ1v) is 9.26. The lowest BCUT2D eigenvalue weighted by Crippen LogP contribution is -2.38. The topological polar surface area (TPSA) is 58.2 Å². The van der Waals surface area contributed by atoms with Gasteiger partial charge in [0.2, 0.25) is 0 Å². The molecule has 6 heteroatoms. The van der Waals surface area contributed by atoms with Crippen molar-refractivity contribution in [1.29, 1.82) is 0 Å². The lowest BCUT2D eigenvalue weighted by Gasteiger charge is -2.24. The van der Waals surface area contributed by atoms with Crippen LogP contribution in [0.25, 0.3) is 10.4 Å². The summed E-state index contributed by atoms with van der Waals surface area (Å²) in [7, 11) is 0. The van der Waals surface area contributed by atoms with Gasteiger partial charge in [0.15, 0.2) is 0 Å². The minimum absolute atomic E-state index is 0.0881. The van der Waals surface area contributed by atoms with Gasteiger partial charge in [0.25, 0.3) is 5.91 Å². The third-order valence-electron chi connectivity index (χ3n) is 4.45. The Balaban J connectivity index is 1.44. The minimum Gasteiger partial charge on any atom is -0.491 e. The number of likely N-dealkylation sites (tertiary alicyclic amines) is 1. The van der Waals surface area contributed by atoms with Crippen molar-refractivity contribution >= 4 is 17.2 Å². The summed E-state index contributed by atoms with van der Waals surface area (Å²) in [5.41, 5.74) is 1.75. The number of hydrogen-bond acceptors (Lipinski definition) is 4. The second-order valence-corrected chi connectivity index (χ2v) is 7.02. The Morgan fingerprint density at radius 3 is 3.04 bits per heavy atom. The van der Waals surface area contributed by atoms with Crippen molar-refractivity contribution in [3.05, 3.63) is 59.7 Å². The monoisotopic (exact) mass is 353 g/mol. The van der Waals surface area contributed by atoms with E-state index >= 15 is 0 Å². The summed E-state index contributed by atoms with van der Waals surface area (Å²) in [4.78, 5) is 15.9. The van der Waals surface area contributed by atoms with E-state index in [1.165, 1.54) is 0 Å². The largest absolute Gasteiger partial charge is 0.491 e. The van der Waals surface area contributed by atoms with Gasteiger partial charge in [-0.15, -0.1) is 11.3 Å². The molecule has 25 heavy (non-hydrogen) atoms. The van der Waals surface area contributed by atoms with E-state index < -0.39 is 0 Å². The van der Waals surface area contributed by atoms with Gasteiger partial charge in [-0.2, -0.15) is 5.10 Å². The van der Waals surface area contributed by atoms with Gasteiger partial charge in [0.1, 0.15) is 12.4 Å². The molecule has 0 aliphatic carbocycles. The molecule has 0 unspecified atom stereocenters. The molecule has 1 amide bonds. The van der Waals surface area contributed by atoms with Gasteiger partial charge in [-0.05, 0) is 31.0 Å². The molecule has 1 aliphatic rings. The fourth-order valence-electron chi connectivity index (χ4n) is 3.14. The zero-order chi connectivity index (χ0) is 17.1. The van der Waals surface area contributed by atoms with Crippen LogP contribution in [-0.2, 0) is 0 Å². The molecule has 1 saturated heterocycles. The number of nitrogens with zero attached hydrogens (tertiary/aromatic N) is 2. The normalized spacial score (nSPS) is 17.0. The maximum atomic E-state index is 12.9. The molecule has 1 N–H and O–H groups in total. The first-order valence-electron chi connectivity index (χ1n) is 8.38. The van der Waals surface area contributed by atoms with Crippen LogP contribution in [0.4, 0.5) is 0 Å². The molecule has 1 aliphatic heterocycles. The quantitative estimate of drug-likeness (QED) is 0.758. The fraction of sp³-hybridized carbons (Fsp3) is 0.263. The fourth-order valence-corrected chi connectivity index (χ4v) is 4.00. The van der Waals surface area contributed by atoms with Crippen molar-refractivity contribution in [1.82, 2.24) is 15.1 Å². The van der Waals surface area contributed by atoms with Gasteiger partial charge in [-0.3, -0.25) is 9.89 Å². The number of aromatic amines is 1. The van der Waals surface area contributed by atoms with Crippen LogP contribution in [-0.4, -0.2) is 40.2 Å². The first kappa shape index (κ1) is 15.9. The number of H-pyrrole nitrogens is 1. The number of para-hydroxylation sites is 1. The van der Waals surface area contributed by atoms with Crippen molar-refractivity contribution in [2.24, 2.45) is 0 Å². The molecule has 1 fully saturated rings. The predicted octanol–water partition coefficient (Wildman–Crippen LogP) is 3.82. The number of amides is 1. The zero-order valence-corrected chi connectivity index (χ0v) is 14.5. The molecule has 128 valence electrons. The summed E-state index contributed by atoms with van der Waals surface area (Å²) >= 11 is 1.57. The van der Waals surface area contributed by atoms with Gasteiger partial charge >= 0.3 is 0 Å². The van der Waals surface area contributed by atoms with Gasteiger partial charge in [0.05, 0.1) is 17.8 Å². The second-order valence-electron chi connectivity index (χ2n) is 6.11. The Bertz CT molecular complexity index is 829. The van der Waals surface area contributed by atoms with Crippen molar-refractivity contribution in [2.45, 2.75) is 18.9 Å². The standard InChI is InChI=1S/C19H19N3O2S/c23-19(14-9-18(25-13-14)15-10-20-21-11-15)22-8-4-5-16(22)12-24-17-6-2-1-3-7-17/h1-3,6-7,9-11,13,16H,4-5,8,12H2,(H,20,21)/t16-/m0/s1. The maximum absolute atomic E-state index is 12.9. The van der Waals surface area contributed by atoms with Gasteiger partial charge in [0, 0.05) is 28.6 Å². The van der Waals surface area contributed by atoms with Crippen LogP contribution in [0.3, 0.4) is 0 Å². The molecule has 0 radical (unpaired) electrons. The SMILES string of the molecule is O=C(c1csc(-c2cn[nH]c2)c1)N1CCC[C@H]1COc1ccccc1. The molecule has 1 atom stereocenters. The van der Waals surface area contributed by atoms with Crippen LogP contribution in [0.1, 0.15) is 23.2 Å². The van der Waals surface area contributed by atoms with E-state index in [-0.39, 0.29) is 11.9 Å². The van der Waals surface area contributed by atoms with Gasteiger partial charge in [-0.25, -0.2) is 0 Å². The lowest BCUT2D eigenvalue weighted by molar-refractivity contribution is 0.0692. The van der Waals surface area contributed by atoms with Crippen molar-refractivity contribution < 1.29 is 9.53 Å². The van der Waals surface area contributed by atoms with Crippen molar-refractivity contribution in [3.8, 4) is 16.2 Å². The highest BCUT2D eigenvalue weighted by Crippen LogP contribution is 2.29. The van der Waals surface area contributed by atoms with E-state index in [2.05, 4.69) is 10.2 Å². The highest BCUT2D eigenvalue weighted by atomic mass is 32.1. The molecule has 0 spiro atoms. The van der Waals surface area contributed by atoms with E-state index in [1.807, 2.05) is 52.9 Å². The molecule has 0 bridgehead atoms. The summed E-state index contributed by atoms with van der Waals surface area (Å²) in [6.45, 7) is 1.33. The Morgan fingerprint density at radius 2 is 2.24 bits per heavy atom. The summed E-state index contributed by atoms with van der Waals surface area (Å²) in [6, 6.07) is 11.8. The van der Waals surface area contributed by atoms with Crippen LogP contribution in [0.15, 0.2) is 54.2 Å². The lowest BCUT2D eigenvalue weighted by atomic mass is 10.2. The second kappa shape index (κ2) is 7.11. The molecule has 1 aromatic carbocycles. The number of carbonyl (C=O) groups is 1. The van der Waals surface area contributed by atoms with Crippen LogP contribution >= 0.6 is 11.3 Å². The number of hydrogen-bond donors (Lipinski definition) is 1. The average molecular weight is 353 g/mol. The number of carbonyl (C=O) groups excluding carboxylic acids is 1. The van der Waals surface area contributed by atoms with E-state index in [0.717, 1.165) is 41.1 Å². The van der Waals surface area contributed by atoms with E-state index in [1.54, 1.807) is 17.5 Å². The third-order valence-corrected chi connectivity index (χ3v) is 5.43. The summed E-state index contributed by atoms with van der Waals surface area (Å²) < 4.78 is 5.87. The van der Waals surface area contributed by atoms with Crippen LogP contribution in [0, 0.1) is 0 Å². The molecule has 2 aromatic heterocycles. The van der Waals surface area contributed by atoms with Crippen LogP contribution < -0.4 is 4.74 Å². The van der Waals surface area contributed by atoms with E-state index in [4.69, 9.17) is 4.74 Å². The number of thiophene rings is 1. The molecule has 0 saturated carbocycles. The molecular weight excluding hydrogens is 334 g/mol. The average Bonchev–Trinajstić information content (AvgIpc) is 3.41. The summed E-state index contributed by atoms with van der Waals surface area (Å²) in [6.07, 6.45) is 5.61. The minimum atomic E-state index is 0.0881. The Morgan fingerprint density at radius 1 is 1.36 bits per heavy atom. The maximum Gasteiger partial charge on any atom is 0.255 e. The molecular formula is C19H19N3O2S. The molecule has 3 heterocycles. The highest BCUT2D eigenvalue weighted by molar-refractivity contribution is 7.13. The number of rotatable bonds is 5. The third kappa shape index (κ3) is 3.44. The summed E-state index contributed by atoms with van der Waals surface area (Å²) in [5.74, 6) is 0.935. The van der Waals surface area contributed by atoms with Gasteiger partial charge in [-0.1, -0.05) is 18.2 Å².